The number of nitrogens with zero attached hydrogens (tertiary/aromatic N) is 2. The molecule has 25 heavy (non-hydrogen) atoms. The standard InChI is InChI=1S/C20H25ClN2O2/c1-3-10-23-14-20(7-6-18(23)24)8-11-22(12-9-20)19(25)17-5-4-16(21)13-15(17)2/h3-5,13H,1,6-12,14H2,2H3. The average molecular weight is 361 g/mol. The second-order valence-corrected chi connectivity index (χ2v) is 7.75. The van der Waals surface area contributed by atoms with Crippen LogP contribution in [0.4, 0.5) is 0 Å². The van der Waals surface area contributed by atoms with Crippen molar-refractivity contribution in [3.05, 3.63) is 47.0 Å². The number of hydrogen-bond acceptors (Lipinski definition) is 2. The molecule has 2 fully saturated rings. The third-order valence-corrected chi connectivity index (χ3v) is 5.86. The summed E-state index contributed by atoms with van der Waals surface area (Å²) >= 11 is 5.99. The highest BCUT2D eigenvalue weighted by atomic mass is 35.5. The maximum Gasteiger partial charge on any atom is 0.254 e. The maximum absolute atomic E-state index is 12.8. The van der Waals surface area contributed by atoms with Gasteiger partial charge in [-0.2, -0.15) is 0 Å². The van der Waals surface area contributed by atoms with E-state index in [9.17, 15) is 9.59 Å². The van der Waals surface area contributed by atoms with Crippen LogP contribution < -0.4 is 0 Å². The summed E-state index contributed by atoms with van der Waals surface area (Å²) in [4.78, 5) is 28.7. The van der Waals surface area contributed by atoms with Crippen LogP contribution in [0.25, 0.3) is 0 Å². The minimum atomic E-state index is 0.0823. The molecular formula is C20H25ClN2O2. The van der Waals surface area contributed by atoms with Gasteiger partial charge >= 0.3 is 0 Å². The van der Waals surface area contributed by atoms with E-state index in [-0.39, 0.29) is 17.2 Å². The van der Waals surface area contributed by atoms with E-state index in [0.29, 0.717) is 18.0 Å². The summed E-state index contributed by atoms with van der Waals surface area (Å²) in [5, 5.41) is 0.654. The number of benzene rings is 1. The predicted molar refractivity (Wildman–Crippen MR) is 99.8 cm³/mol. The lowest BCUT2D eigenvalue weighted by molar-refractivity contribution is -0.138. The lowest BCUT2D eigenvalue weighted by Gasteiger charge is -2.47. The first-order valence-corrected chi connectivity index (χ1v) is 9.26. The highest BCUT2D eigenvalue weighted by Gasteiger charge is 2.41. The van der Waals surface area contributed by atoms with E-state index in [2.05, 4.69) is 6.58 Å². The fourth-order valence-electron chi connectivity index (χ4n) is 4.05. The number of likely N-dealkylation sites (tertiary alicyclic amines) is 2. The quantitative estimate of drug-likeness (QED) is 0.771. The first-order chi connectivity index (χ1) is 11.9. The number of halogens is 1. The van der Waals surface area contributed by atoms with Crippen LogP contribution in [0.15, 0.2) is 30.9 Å². The van der Waals surface area contributed by atoms with Crippen molar-refractivity contribution in [1.29, 1.82) is 0 Å². The van der Waals surface area contributed by atoms with Crippen molar-refractivity contribution in [2.45, 2.75) is 32.6 Å². The molecule has 4 nitrogen and oxygen atoms in total. The van der Waals surface area contributed by atoms with Crippen molar-refractivity contribution in [3.63, 3.8) is 0 Å². The van der Waals surface area contributed by atoms with Gasteiger partial charge in [0.2, 0.25) is 5.91 Å². The Morgan fingerprint density at radius 2 is 2.04 bits per heavy atom. The molecule has 0 N–H and O–H groups in total. The van der Waals surface area contributed by atoms with E-state index < -0.39 is 0 Å². The van der Waals surface area contributed by atoms with Gasteiger partial charge in [-0.05, 0) is 55.4 Å². The van der Waals surface area contributed by atoms with Gasteiger partial charge in [0.25, 0.3) is 5.91 Å². The van der Waals surface area contributed by atoms with E-state index in [1.54, 1.807) is 12.1 Å². The van der Waals surface area contributed by atoms with Crippen LogP contribution in [0, 0.1) is 12.3 Å². The smallest absolute Gasteiger partial charge is 0.254 e. The largest absolute Gasteiger partial charge is 0.339 e. The first kappa shape index (κ1) is 18.0. The highest BCUT2D eigenvalue weighted by Crippen LogP contribution is 2.40. The van der Waals surface area contributed by atoms with Crippen LogP contribution in [0.3, 0.4) is 0 Å². The SMILES string of the molecule is C=CCN1CC2(CCC1=O)CCN(C(=O)c1ccc(Cl)cc1C)CC2. The summed E-state index contributed by atoms with van der Waals surface area (Å²) in [7, 11) is 0. The zero-order chi connectivity index (χ0) is 18.0. The summed E-state index contributed by atoms with van der Waals surface area (Å²) < 4.78 is 0. The molecule has 1 spiro atoms. The molecule has 0 bridgehead atoms. The van der Waals surface area contributed by atoms with Crippen LogP contribution in [0.1, 0.15) is 41.6 Å². The van der Waals surface area contributed by atoms with Crippen LogP contribution in [0.2, 0.25) is 5.02 Å². The second-order valence-electron chi connectivity index (χ2n) is 7.31. The Bertz CT molecular complexity index is 693. The molecule has 0 saturated carbocycles. The first-order valence-electron chi connectivity index (χ1n) is 8.88. The van der Waals surface area contributed by atoms with Gasteiger partial charge in [-0.1, -0.05) is 17.7 Å². The van der Waals surface area contributed by atoms with Gasteiger partial charge in [0.1, 0.15) is 0 Å². The zero-order valence-electron chi connectivity index (χ0n) is 14.8. The Kier molecular flexibility index (Phi) is 5.19. The summed E-state index contributed by atoms with van der Waals surface area (Å²) in [6.45, 7) is 8.57. The monoisotopic (exact) mass is 360 g/mol. The highest BCUT2D eigenvalue weighted by molar-refractivity contribution is 6.30. The predicted octanol–water partition coefficient (Wildman–Crippen LogP) is 3.68. The van der Waals surface area contributed by atoms with Crippen molar-refractivity contribution in [1.82, 2.24) is 9.80 Å². The Morgan fingerprint density at radius 3 is 2.68 bits per heavy atom. The molecule has 2 saturated heterocycles. The Balaban J connectivity index is 1.66. The van der Waals surface area contributed by atoms with E-state index in [1.165, 1.54) is 0 Å². The lowest BCUT2D eigenvalue weighted by atomic mass is 9.72. The number of piperidine rings is 2. The molecule has 2 aliphatic rings. The molecule has 134 valence electrons. The van der Waals surface area contributed by atoms with Crippen molar-refractivity contribution in [3.8, 4) is 0 Å². The minimum absolute atomic E-state index is 0.0823. The molecule has 1 aromatic carbocycles. The molecule has 5 heteroatoms. The van der Waals surface area contributed by atoms with Crippen molar-refractivity contribution < 1.29 is 9.59 Å². The number of rotatable bonds is 3. The summed E-state index contributed by atoms with van der Waals surface area (Å²) in [6.07, 6.45) is 5.23. The van der Waals surface area contributed by atoms with Crippen molar-refractivity contribution in [2.24, 2.45) is 5.41 Å². The third-order valence-electron chi connectivity index (χ3n) is 5.63. The van der Waals surface area contributed by atoms with Crippen LogP contribution >= 0.6 is 11.6 Å². The molecule has 2 heterocycles. The van der Waals surface area contributed by atoms with E-state index in [1.807, 2.05) is 28.9 Å². The van der Waals surface area contributed by atoms with Gasteiger partial charge in [0, 0.05) is 43.2 Å². The molecule has 0 aromatic heterocycles. The zero-order valence-corrected chi connectivity index (χ0v) is 15.5. The fourth-order valence-corrected chi connectivity index (χ4v) is 4.28. The van der Waals surface area contributed by atoms with Crippen molar-refractivity contribution >= 4 is 23.4 Å². The molecule has 1 aromatic rings. The topological polar surface area (TPSA) is 40.6 Å². The number of amides is 2. The van der Waals surface area contributed by atoms with Gasteiger partial charge in [-0.15, -0.1) is 6.58 Å². The Hall–Kier alpha value is -1.81. The van der Waals surface area contributed by atoms with Gasteiger partial charge in [0.15, 0.2) is 0 Å². The number of aryl methyl sites for hydroxylation is 1. The van der Waals surface area contributed by atoms with E-state index in [4.69, 9.17) is 11.6 Å². The molecule has 2 aliphatic heterocycles. The Morgan fingerprint density at radius 1 is 1.32 bits per heavy atom. The molecule has 0 atom stereocenters. The number of carbonyl (C=O) groups excluding carboxylic acids is 2. The average Bonchev–Trinajstić information content (AvgIpc) is 2.59. The van der Waals surface area contributed by atoms with Crippen molar-refractivity contribution in [2.75, 3.05) is 26.2 Å². The number of carbonyl (C=O) groups is 2. The Labute approximate surface area is 154 Å². The summed E-state index contributed by atoms with van der Waals surface area (Å²) in [6, 6.07) is 5.42. The summed E-state index contributed by atoms with van der Waals surface area (Å²) in [5.74, 6) is 0.305. The lowest BCUT2D eigenvalue weighted by Crippen LogP contribution is -2.52. The molecule has 0 aliphatic carbocycles. The summed E-state index contributed by atoms with van der Waals surface area (Å²) in [5.41, 5.74) is 1.80. The second kappa shape index (κ2) is 7.20. The van der Waals surface area contributed by atoms with Gasteiger partial charge < -0.3 is 9.80 Å². The van der Waals surface area contributed by atoms with E-state index in [0.717, 1.165) is 50.0 Å². The van der Waals surface area contributed by atoms with Gasteiger partial charge in [-0.3, -0.25) is 9.59 Å². The fraction of sp³-hybridized carbons (Fsp3) is 0.500. The normalized spacial score (nSPS) is 20.0. The third kappa shape index (κ3) is 3.74. The maximum atomic E-state index is 12.8. The molecule has 0 radical (unpaired) electrons. The molecule has 0 unspecified atom stereocenters. The van der Waals surface area contributed by atoms with Crippen LogP contribution in [-0.2, 0) is 4.79 Å². The molecular weight excluding hydrogens is 336 g/mol. The van der Waals surface area contributed by atoms with Crippen LogP contribution in [0.5, 0.6) is 0 Å². The van der Waals surface area contributed by atoms with E-state index >= 15 is 0 Å². The van der Waals surface area contributed by atoms with Gasteiger partial charge in [0.05, 0.1) is 0 Å². The molecule has 3 rings (SSSR count). The number of hydrogen-bond donors (Lipinski definition) is 0. The van der Waals surface area contributed by atoms with Crippen LogP contribution in [-0.4, -0.2) is 47.8 Å². The molecule has 2 amide bonds. The minimum Gasteiger partial charge on any atom is -0.339 e. The van der Waals surface area contributed by atoms with Gasteiger partial charge in [-0.25, -0.2) is 0 Å².